The van der Waals surface area contributed by atoms with Crippen LogP contribution >= 0.6 is 0 Å². The van der Waals surface area contributed by atoms with Gasteiger partial charge in [0.05, 0.1) is 0 Å². The molecular weight excluding hydrogens is 180 g/mol. The molecule has 1 saturated carbocycles. The second-order valence-electron chi connectivity index (χ2n) is 3.60. The average Bonchev–Trinajstić information content (AvgIpc) is 1.99. The Bertz CT molecular complexity index is 348. The number of rotatable bonds is 3. The van der Waals surface area contributed by atoms with Crippen LogP contribution in [0.15, 0.2) is 12.3 Å². The predicted octanol–water partition coefficient (Wildman–Crippen LogP) is 1.37. The number of carbonyl (C=O) groups is 1. The third-order valence-electron chi connectivity index (χ3n) is 2.56. The van der Waals surface area contributed by atoms with Gasteiger partial charge >= 0.3 is 5.97 Å². The van der Waals surface area contributed by atoms with E-state index in [4.69, 9.17) is 5.11 Å². The molecule has 0 aromatic carbocycles. The highest BCUT2D eigenvalue weighted by Crippen LogP contribution is 2.34. The molecule has 0 radical (unpaired) electrons. The van der Waals surface area contributed by atoms with Crippen LogP contribution in [0.4, 0.5) is 0 Å². The minimum Gasteiger partial charge on any atom is -0.481 e. The minimum atomic E-state index is -0.879. The van der Waals surface area contributed by atoms with Crippen molar-refractivity contribution in [2.24, 2.45) is 0 Å². The SMILES string of the molecule is O=C(O)Cc1nccc(C2CCC2)n1. The van der Waals surface area contributed by atoms with Crippen molar-refractivity contribution in [3.8, 4) is 0 Å². The fourth-order valence-corrected chi connectivity index (χ4v) is 1.57. The number of aromatic nitrogens is 2. The molecule has 1 N–H and O–H groups in total. The van der Waals surface area contributed by atoms with Gasteiger partial charge in [-0.1, -0.05) is 6.42 Å². The van der Waals surface area contributed by atoms with E-state index in [1.807, 2.05) is 6.07 Å². The Kier molecular flexibility index (Phi) is 2.43. The standard InChI is InChI=1S/C10H12N2O2/c13-10(14)6-9-11-5-4-8(12-9)7-2-1-3-7/h4-5,7H,1-3,6H2,(H,13,14). The molecule has 74 valence electrons. The lowest BCUT2D eigenvalue weighted by Crippen LogP contribution is -2.13. The van der Waals surface area contributed by atoms with Crippen LogP contribution in [0.5, 0.6) is 0 Å². The molecule has 4 nitrogen and oxygen atoms in total. The van der Waals surface area contributed by atoms with Crippen LogP contribution in [-0.4, -0.2) is 21.0 Å². The van der Waals surface area contributed by atoms with Gasteiger partial charge in [-0.05, 0) is 18.9 Å². The summed E-state index contributed by atoms with van der Waals surface area (Å²) in [6.07, 6.45) is 5.16. The van der Waals surface area contributed by atoms with Gasteiger partial charge < -0.3 is 5.11 Å². The molecule has 0 spiro atoms. The number of hydrogen-bond donors (Lipinski definition) is 1. The molecule has 1 aliphatic carbocycles. The van der Waals surface area contributed by atoms with Crippen LogP contribution in [-0.2, 0) is 11.2 Å². The van der Waals surface area contributed by atoms with Crippen LogP contribution in [0, 0.1) is 0 Å². The first-order valence-electron chi connectivity index (χ1n) is 4.79. The average molecular weight is 192 g/mol. The molecule has 1 fully saturated rings. The Balaban J connectivity index is 2.13. The zero-order valence-electron chi connectivity index (χ0n) is 7.81. The molecule has 0 aliphatic heterocycles. The van der Waals surface area contributed by atoms with Gasteiger partial charge in [0.1, 0.15) is 12.2 Å². The van der Waals surface area contributed by atoms with Crippen LogP contribution in [0.3, 0.4) is 0 Å². The summed E-state index contributed by atoms with van der Waals surface area (Å²) < 4.78 is 0. The summed E-state index contributed by atoms with van der Waals surface area (Å²) in [4.78, 5) is 18.6. The zero-order valence-corrected chi connectivity index (χ0v) is 7.81. The molecule has 14 heavy (non-hydrogen) atoms. The number of hydrogen-bond acceptors (Lipinski definition) is 3. The van der Waals surface area contributed by atoms with Crippen molar-refractivity contribution >= 4 is 5.97 Å². The molecule has 0 atom stereocenters. The molecule has 4 heteroatoms. The fourth-order valence-electron chi connectivity index (χ4n) is 1.57. The minimum absolute atomic E-state index is 0.0828. The number of carboxylic acid groups (broad SMARTS) is 1. The zero-order chi connectivity index (χ0) is 9.97. The molecular formula is C10H12N2O2. The first kappa shape index (κ1) is 9.12. The van der Waals surface area contributed by atoms with Crippen LogP contribution < -0.4 is 0 Å². The summed E-state index contributed by atoms with van der Waals surface area (Å²) in [5, 5.41) is 8.59. The second kappa shape index (κ2) is 3.74. The third kappa shape index (κ3) is 1.89. The van der Waals surface area contributed by atoms with E-state index in [0.29, 0.717) is 11.7 Å². The Morgan fingerprint density at radius 3 is 2.93 bits per heavy atom. The van der Waals surface area contributed by atoms with Gasteiger partial charge in [-0.3, -0.25) is 4.79 Å². The fraction of sp³-hybridized carbons (Fsp3) is 0.500. The van der Waals surface area contributed by atoms with Gasteiger partial charge in [0, 0.05) is 17.8 Å². The number of nitrogens with zero attached hydrogens (tertiary/aromatic N) is 2. The van der Waals surface area contributed by atoms with Crippen molar-refractivity contribution in [3.05, 3.63) is 23.8 Å². The van der Waals surface area contributed by atoms with Crippen LogP contribution in [0.2, 0.25) is 0 Å². The van der Waals surface area contributed by atoms with Crippen molar-refractivity contribution in [1.82, 2.24) is 9.97 Å². The summed E-state index contributed by atoms with van der Waals surface area (Å²) in [6.45, 7) is 0. The van der Waals surface area contributed by atoms with E-state index in [9.17, 15) is 4.79 Å². The van der Waals surface area contributed by atoms with Gasteiger partial charge in [0.25, 0.3) is 0 Å². The van der Waals surface area contributed by atoms with E-state index in [1.54, 1.807) is 6.20 Å². The van der Waals surface area contributed by atoms with Crippen LogP contribution in [0.25, 0.3) is 0 Å². The lowest BCUT2D eigenvalue weighted by atomic mass is 9.83. The predicted molar refractivity (Wildman–Crippen MR) is 50.0 cm³/mol. The highest BCUT2D eigenvalue weighted by molar-refractivity contribution is 5.68. The molecule has 1 aromatic heterocycles. The second-order valence-corrected chi connectivity index (χ2v) is 3.60. The van der Waals surface area contributed by atoms with Crippen molar-refractivity contribution < 1.29 is 9.90 Å². The largest absolute Gasteiger partial charge is 0.481 e. The maximum atomic E-state index is 10.5. The van der Waals surface area contributed by atoms with Crippen molar-refractivity contribution in [2.45, 2.75) is 31.6 Å². The highest BCUT2D eigenvalue weighted by atomic mass is 16.4. The van der Waals surface area contributed by atoms with E-state index in [-0.39, 0.29) is 6.42 Å². The normalized spacial score (nSPS) is 16.3. The lowest BCUT2D eigenvalue weighted by molar-refractivity contribution is -0.136. The monoisotopic (exact) mass is 192 g/mol. The van der Waals surface area contributed by atoms with E-state index in [2.05, 4.69) is 9.97 Å². The molecule has 1 aliphatic rings. The van der Waals surface area contributed by atoms with Gasteiger partial charge in [-0.15, -0.1) is 0 Å². The van der Waals surface area contributed by atoms with Gasteiger partial charge in [0.2, 0.25) is 0 Å². The maximum absolute atomic E-state index is 10.5. The molecule has 0 bridgehead atoms. The first-order valence-corrected chi connectivity index (χ1v) is 4.79. The summed E-state index contributed by atoms with van der Waals surface area (Å²) in [7, 11) is 0. The Hall–Kier alpha value is -1.45. The highest BCUT2D eigenvalue weighted by Gasteiger charge is 2.21. The quantitative estimate of drug-likeness (QED) is 0.785. The summed E-state index contributed by atoms with van der Waals surface area (Å²) in [5.74, 6) is 0.0724. The summed E-state index contributed by atoms with van der Waals surface area (Å²) >= 11 is 0. The lowest BCUT2D eigenvalue weighted by Gasteiger charge is -2.24. The molecule has 0 unspecified atom stereocenters. The van der Waals surface area contributed by atoms with Gasteiger partial charge in [-0.25, -0.2) is 9.97 Å². The Morgan fingerprint density at radius 2 is 2.36 bits per heavy atom. The van der Waals surface area contributed by atoms with Crippen molar-refractivity contribution in [2.75, 3.05) is 0 Å². The van der Waals surface area contributed by atoms with Crippen molar-refractivity contribution in [3.63, 3.8) is 0 Å². The topological polar surface area (TPSA) is 63.1 Å². The van der Waals surface area contributed by atoms with Gasteiger partial charge in [-0.2, -0.15) is 0 Å². The van der Waals surface area contributed by atoms with Crippen LogP contribution in [0.1, 0.15) is 36.7 Å². The smallest absolute Gasteiger partial charge is 0.311 e. The summed E-state index contributed by atoms with van der Waals surface area (Å²) in [5.41, 5.74) is 1.00. The van der Waals surface area contributed by atoms with Gasteiger partial charge in [0.15, 0.2) is 0 Å². The third-order valence-corrected chi connectivity index (χ3v) is 2.56. The van der Waals surface area contributed by atoms with E-state index < -0.39 is 5.97 Å². The molecule has 2 rings (SSSR count). The number of aliphatic carboxylic acids is 1. The maximum Gasteiger partial charge on any atom is 0.311 e. The first-order chi connectivity index (χ1) is 6.75. The molecule has 0 saturated heterocycles. The Labute approximate surface area is 82.0 Å². The van der Waals surface area contributed by atoms with E-state index >= 15 is 0 Å². The molecule has 0 amide bonds. The Morgan fingerprint density at radius 1 is 1.57 bits per heavy atom. The number of carboxylic acids is 1. The molecule has 1 heterocycles. The van der Waals surface area contributed by atoms with E-state index in [1.165, 1.54) is 19.3 Å². The summed E-state index contributed by atoms with van der Waals surface area (Å²) in [6, 6.07) is 1.88. The molecule has 1 aromatic rings. The van der Waals surface area contributed by atoms with E-state index in [0.717, 1.165) is 5.69 Å². The van der Waals surface area contributed by atoms with Crippen molar-refractivity contribution in [1.29, 1.82) is 0 Å².